The van der Waals surface area contributed by atoms with Crippen molar-refractivity contribution >= 4 is 47.5 Å². The third kappa shape index (κ3) is 7.92. The van der Waals surface area contributed by atoms with Gasteiger partial charge in [0.25, 0.3) is 11.4 Å². The zero-order valence-corrected chi connectivity index (χ0v) is 23.7. The molecule has 217 valence electrons. The maximum Gasteiger partial charge on any atom is 0.270 e. The first-order valence-electron chi connectivity index (χ1n) is 12.9. The highest BCUT2D eigenvalue weighted by atomic mass is 16.6. The Bertz CT molecular complexity index is 1520. The van der Waals surface area contributed by atoms with Crippen molar-refractivity contribution in [1.29, 1.82) is 0 Å². The monoisotopic (exact) mass is 563 g/mol. The van der Waals surface area contributed by atoms with Crippen LogP contribution in [0.25, 0.3) is 21.8 Å². The SMILES string of the molecule is C1CCOC1.CC(C)(C(N)=O)c1cc2cc([N+](=O)[O-])ccc2[nH]1.CC(C)(CN)c1cc2cc([N+](=O)[O-])ccc2[nH]1.[B]. The van der Waals surface area contributed by atoms with Crippen LogP contribution in [0.3, 0.4) is 0 Å². The number of nitrogens with one attached hydrogen (secondary N) is 2. The quantitative estimate of drug-likeness (QED) is 0.150. The van der Waals surface area contributed by atoms with Crippen LogP contribution in [-0.2, 0) is 20.4 Å². The van der Waals surface area contributed by atoms with Crippen LogP contribution < -0.4 is 11.5 Å². The van der Waals surface area contributed by atoms with E-state index in [1.807, 2.05) is 19.9 Å². The number of nitro groups is 2. The molecule has 12 nitrogen and oxygen atoms in total. The fourth-order valence-corrected chi connectivity index (χ4v) is 3.92. The van der Waals surface area contributed by atoms with Crippen LogP contribution in [0.1, 0.15) is 51.9 Å². The van der Waals surface area contributed by atoms with Gasteiger partial charge in [-0.3, -0.25) is 25.0 Å². The first kappa shape index (κ1) is 33.0. The highest BCUT2D eigenvalue weighted by Gasteiger charge is 2.29. The number of benzene rings is 2. The highest BCUT2D eigenvalue weighted by molar-refractivity contribution is 5.89. The molecule has 6 N–H and O–H groups in total. The number of nitrogens with zero attached hydrogens (tertiary/aromatic N) is 2. The lowest BCUT2D eigenvalue weighted by molar-refractivity contribution is -0.384. The van der Waals surface area contributed by atoms with Gasteiger partial charge < -0.3 is 26.2 Å². The third-order valence-corrected chi connectivity index (χ3v) is 6.99. The lowest BCUT2D eigenvalue weighted by Gasteiger charge is -2.20. The summed E-state index contributed by atoms with van der Waals surface area (Å²) in [4.78, 5) is 38.2. The normalized spacial score (nSPS) is 13.0. The Balaban J connectivity index is 0.000000240. The van der Waals surface area contributed by atoms with Crippen LogP contribution in [0.4, 0.5) is 11.4 Å². The molecule has 3 radical (unpaired) electrons. The molecule has 1 fully saturated rings. The van der Waals surface area contributed by atoms with E-state index in [4.69, 9.17) is 16.2 Å². The summed E-state index contributed by atoms with van der Waals surface area (Å²) < 4.78 is 4.94. The Morgan fingerprint density at radius 1 is 0.854 bits per heavy atom. The number of ether oxygens (including phenoxy) is 1. The maximum atomic E-state index is 11.4. The molecule has 5 rings (SSSR count). The lowest BCUT2D eigenvalue weighted by atomic mass is 9.89. The van der Waals surface area contributed by atoms with E-state index in [0.717, 1.165) is 35.3 Å². The predicted octanol–water partition coefficient (Wildman–Crippen LogP) is 4.57. The van der Waals surface area contributed by atoms with E-state index in [9.17, 15) is 25.0 Å². The summed E-state index contributed by atoms with van der Waals surface area (Å²) in [7, 11) is 0. The number of primary amides is 1. The molecule has 1 aliphatic rings. The van der Waals surface area contributed by atoms with E-state index < -0.39 is 16.2 Å². The molecule has 0 saturated carbocycles. The van der Waals surface area contributed by atoms with Crippen molar-refractivity contribution in [2.75, 3.05) is 19.8 Å². The second-order valence-electron chi connectivity index (χ2n) is 10.8. The van der Waals surface area contributed by atoms with Crippen molar-refractivity contribution in [2.24, 2.45) is 11.5 Å². The molecule has 0 atom stereocenters. The van der Waals surface area contributed by atoms with Gasteiger partial charge in [-0.2, -0.15) is 0 Å². The van der Waals surface area contributed by atoms with Crippen molar-refractivity contribution in [3.63, 3.8) is 0 Å². The Morgan fingerprint density at radius 3 is 1.66 bits per heavy atom. The minimum absolute atomic E-state index is 0. The van der Waals surface area contributed by atoms with Crippen LogP contribution in [0.2, 0.25) is 0 Å². The topological polar surface area (TPSA) is 196 Å². The number of amides is 1. The van der Waals surface area contributed by atoms with Crippen LogP contribution in [0.15, 0.2) is 48.5 Å². The Morgan fingerprint density at radius 2 is 1.29 bits per heavy atom. The number of hydrogen-bond acceptors (Lipinski definition) is 7. The molecule has 41 heavy (non-hydrogen) atoms. The summed E-state index contributed by atoms with van der Waals surface area (Å²) in [6, 6.07) is 12.9. The number of hydrogen-bond donors (Lipinski definition) is 4. The first-order chi connectivity index (χ1) is 18.8. The van der Waals surface area contributed by atoms with Gasteiger partial charge in [0.05, 0.1) is 15.3 Å². The van der Waals surface area contributed by atoms with Crippen molar-refractivity contribution in [2.45, 2.75) is 51.4 Å². The highest BCUT2D eigenvalue weighted by Crippen LogP contribution is 2.29. The largest absolute Gasteiger partial charge is 0.381 e. The van der Waals surface area contributed by atoms with Gasteiger partial charge >= 0.3 is 0 Å². The maximum absolute atomic E-state index is 11.4. The average molecular weight is 563 g/mol. The zero-order chi connectivity index (χ0) is 29.7. The Kier molecular flexibility index (Phi) is 10.8. The molecule has 0 spiro atoms. The number of H-pyrrole nitrogens is 2. The molecule has 1 amide bonds. The van der Waals surface area contributed by atoms with Crippen LogP contribution in [-0.4, -0.2) is 53.9 Å². The number of carbonyl (C=O) groups excluding carboxylic acids is 1. The molecular formula is C28H36BN6O6. The summed E-state index contributed by atoms with van der Waals surface area (Å²) in [6.45, 7) is 9.99. The summed E-state index contributed by atoms with van der Waals surface area (Å²) in [5, 5.41) is 22.9. The number of rotatable bonds is 6. The standard InChI is InChI=1S/C12H13N3O3.C12H15N3O2.C4H8O.B/c1-12(2,11(13)16)10-6-7-5-8(15(17)18)3-4-9(7)14-10;1-12(2,7-13)11-6-8-5-9(15(16)17)3-4-10(8)14-11;1-2-4-5-3-1;/h3-6,14H,1-2H3,(H2,13,16);3-6,14H,7,13H2,1-2H3;1-4H2;. The zero-order valence-electron chi connectivity index (χ0n) is 23.7. The van der Waals surface area contributed by atoms with Crippen LogP contribution in [0.5, 0.6) is 0 Å². The fraction of sp³-hybridized carbons (Fsp3) is 0.393. The number of fused-ring (bicyclic) bond motifs is 2. The molecule has 0 unspecified atom stereocenters. The third-order valence-electron chi connectivity index (χ3n) is 6.99. The van der Waals surface area contributed by atoms with E-state index >= 15 is 0 Å². The number of aromatic nitrogens is 2. The molecule has 0 aliphatic carbocycles. The first-order valence-corrected chi connectivity index (χ1v) is 12.9. The second kappa shape index (κ2) is 13.4. The summed E-state index contributed by atoms with van der Waals surface area (Å²) in [5.41, 5.74) is 13.4. The van der Waals surface area contributed by atoms with Crippen molar-refractivity contribution < 1.29 is 19.4 Å². The summed E-state index contributed by atoms with van der Waals surface area (Å²) in [5.74, 6) is -0.455. The van der Waals surface area contributed by atoms with Gasteiger partial charge in [-0.25, -0.2) is 0 Å². The molecule has 3 heterocycles. The second-order valence-corrected chi connectivity index (χ2v) is 10.8. The van der Waals surface area contributed by atoms with Crippen LogP contribution >= 0.6 is 0 Å². The molecule has 2 aromatic carbocycles. The predicted molar refractivity (Wildman–Crippen MR) is 160 cm³/mol. The smallest absolute Gasteiger partial charge is 0.270 e. The number of non-ortho nitro benzene ring substituents is 2. The molecule has 13 heteroatoms. The number of nitro benzene ring substituents is 2. The summed E-state index contributed by atoms with van der Waals surface area (Å²) in [6.07, 6.45) is 2.56. The van der Waals surface area contributed by atoms with Gasteiger partial charge in [0, 0.05) is 91.0 Å². The molecule has 4 aromatic rings. The van der Waals surface area contributed by atoms with Gasteiger partial charge in [-0.15, -0.1) is 0 Å². The van der Waals surface area contributed by atoms with E-state index in [2.05, 4.69) is 9.97 Å². The van der Waals surface area contributed by atoms with Crippen molar-refractivity contribution in [3.8, 4) is 0 Å². The Hall–Kier alpha value is -4.23. The van der Waals surface area contributed by atoms with Gasteiger partial charge in [0.2, 0.25) is 5.91 Å². The van der Waals surface area contributed by atoms with Crippen molar-refractivity contribution in [3.05, 3.63) is 80.1 Å². The number of aromatic amines is 2. The van der Waals surface area contributed by atoms with E-state index in [1.165, 1.54) is 31.0 Å². The van der Waals surface area contributed by atoms with Crippen LogP contribution in [0, 0.1) is 20.2 Å². The number of nitrogens with two attached hydrogens (primary N) is 2. The van der Waals surface area contributed by atoms with E-state index in [-0.39, 0.29) is 30.1 Å². The fourth-order valence-electron chi connectivity index (χ4n) is 3.92. The van der Waals surface area contributed by atoms with Gasteiger partial charge in [-0.1, -0.05) is 13.8 Å². The molecule has 1 aliphatic heterocycles. The van der Waals surface area contributed by atoms with Gasteiger partial charge in [0.15, 0.2) is 0 Å². The minimum Gasteiger partial charge on any atom is -0.381 e. The van der Waals surface area contributed by atoms with E-state index in [1.54, 1.807) is 38.1 Å². The molecule has 2 aromatic heterocycles. The number of carbonyl (C=O) groups is 1. The van der Waals surface area contributed by atoms with Crippen molar-refractivity contribution in [1.82, 2.24) is 9.97 Å². The minimum atomic E-state index is -0.839. The lowest BCUT2D eigenvalue weighted by Crippen LogP contribution is -2.35. The Labute approximate surface area is 239 Å². The molecular weight excluding hydrogens is 527 g/mol. The van der Waals surface area contributed by atoms with Gasteiger partial charge in [-0.05, 0) is 51.0 Å². The van der Waals surface area contributed by atoms with Gasteiger partial charge in [0.1, 0.15) is 0 Å². The molecule has 0 bridgehead atoms. The van der Waals surface area contributed by atoms with E-state index in [0.29, 0.717) is 17.6 Å². The average Bonchev–Trinajstić information content (AvgIpc) is 3.69. The molecule has 1 saturated heterocycles. The summed E-state index contributed by atoms with van der Waals surface area (Å²) >= 11 is 0.